The quantitative estimate of drug-likeness (QED) is 0.899. The van der Waals surface area contributed by atoms with Crippen LogP contribution in [0.4, 0.5) is 4.79 Å². The normalized spacial score (nSPS) is 16.0. The fourth-order valence-corrected chi connectivity index (χ4v) is 2.52. The number of nitrogens with one attached hydrogen (secondary N) is 1. The molecule has 0 bridgehead atoms. The van der Waals surface area contributed by atoms with Crippen LogP contribution in [0.25, 0.3) is 11.4 Å². The molecule has 1 aromatic heterocycles. The van der Waals surface area contributed by atoms with Crippen molar-refractivity contribution in [3.8, 4) is 11.4 Å². The molecule has 1 aliphatic heterocycles. The van der Waals surface area contributed by atoms with Gasteiger partial charge in [-0.1, -0.05) is 16.8 Å². The highest BCUT2D eigenvalue weighted by molar-refractivity contribution is 6.30. The van der Waals surface area contributed by atoms with Gasteiger partial charge < -0.3 is 19.6 Å². The van der Waals surface area contributed by atoms with Crippen LogP contribution in [0.15, 0.2) is 28.8 Å². The third-order valence-corrected chi connectivity index (χ3v) is 4.25. The molecule has 0 saturated carbocycles. The minimum atomic E-state index is -0.476. The largest absolute Gasteiger partial charge is 0.342 e. The molecular weight excluding hydrogens is 346 g/mol. The van der Waals surface area contributed by atoms with E-state index in [1.165, 1.54) is 4.90 Å². The minimum absolute atomic E-state index is 0.0644. The van der Waals surface area contributed by atoms with Crippen LogP contribution < -0.4 is 5.32 Å². The molecule has 1 fully saturated rings. The van der Waals surface area contributed by atoms with Crippen LogP contribution in [-0.2, 0) is 4.79 Å². The Labute approximate surface area is 149 Å². The number of hydrogen-bond donors (Lipinski definition) is 1. The van der Waals surface area contributed by atoms with Crippen LogP contribution in [-0.4, -0.2) is 58.6 Å². The topological polar surface area (TPSA) is 91.6 Å². The molecule has 0 aliphatic carbocycles. The predicted molar refractivity (Wildman–Crippen MR) is 90.9 cm³/mol. The van der Waals surface area contributed by atoms with Crippen LogP contribution in [0.2, 0.25) is 5.02 Å². The molecule has 0 unspecified atom stereocenters. The second kappa shape index (κ2) is 7.10. The van der Waals surface area contributed by atoms with E-state index in [-0.39, 0.29) is 18.5 Å². The summed E-state index contributed by atoms with van der Waals surface area (Å²) in [5, 5.41) is 7.32. The zero-order valence-electron chi connectivity index (χ0n) is 13.9. The van der Waals surface area contributed by atoms with Crippen LogP contribution >= 0.6 is 11.6 Å². The first-order valence-corrected chi connectivity index (χ1v) is 8.21. The summed E-state index contributed by atoms with van der Waals surface area (Å²) in [4.78, 5) is 31.4. The lowest BCUT2D eigenvalue weighted by Gasteiger charge is -2.32. The van der Waals surface area contributed by atoms with Gasteiger partial charge in [0.05, 0.1) is 0 Å². The Morgan fingerprint density at radius 2 is 2.04 bits per heavy atom. The van der Waals surface area contributed by atoms with Crippen molar-refractivity contribution in [2.45, 2.75) is 13.0 Å². The van der Waals surface area contributed by atoms with Gasteiger partial charge in [0, 0.05) is 30.7 Å². The molecule has 1 saturated heterocycles. The van der Waals surface area contributed by atoms with E-state index >= 15 is 0 Å². The Morgan fingerprint density at radius 1 is 1.32 bits per heavy atom. The molecule has 1 atom stereocenters. The van der Waals surface area contributed by atoms with E-state index in [2.05, 4.69) is 15.5 Å². The number of amides is 3. The van der Waals surface area contributed by atoms with E-state index in [0.29, 0.717) is 29.8 Å². The van der Waals surface area contributed by atoms with Gasteiger partial charge in [0.1, 0.15) is 12.6 Å². The van der Waals surface area contributed by atoms with E-state index in [0.717, 1.165) is 5.56 Å². The number of aromatic nitrogens is 2. The molecule has 3 rings (SSSR count). The molecule has 132 valence electrons. The Kier molecular flexibility index (Phi) is 4.89. The number of urea groups is 1. The van der Waals surface area contributed by atoms with Crippen molar-refractivity contribution in [1.29, 1.82) is 0 Å². The Bertz CT molecular complexity index is 776. The first kappa shape index (κ1) is 17.2. The average Bonchev–Trinajstić information content (AvgIpc) is 3.08. The van der Waals surface area contributed by atoms with Gasteiger partial charge in [0.2, 0.25) is 17.6 Å². The van der Waals surface area contributed by atoms with Gasteiger partial charge >= 0.3 is 6.03 Å². The molecule has 1 N–H and O–H groups in total. The molecular formula is C16H18ClN5O3. The van der Waals surface area contributed by atoms with Gasteiger partial charge in [-0.25, -0.2) is 4.79 Å². The van der Waals surface area contributed by atoms with E-state index in [1.807, 2.05) is 0 Å². The van der Waals surface area contributed by atoms with Gasteiger partial charge in [-0.2, -0.15) is 4.98 Å². The van der Waals surface area contributed by atoms with Crippen molar-refractivity contribution in [2.75, 3.05) is 26.7 Å². The third-order valence-electron chi connectivity index (χ3n) is 4.00. The van der Waals surface area contributed by atoms with Crippen LogP contribution in [0.1, 0.15) is 18.9 Å². The number of piperazine rings is 1. The van der Waals surface area contributed by atoms with E-state index in [1.54, 1.807) is 43.1 Å². The molecule has 25 heavy (non-hydrogen) atoms. The summed E-state index contributed by atoms with van der Waals surface area (Å²) in [5.41, 5.74) is 0.766. The highest BCUT2D eigenvalue weighted by atomic mass is 35.5. The maximum Gasteiger partial charge on any atom is 0.318 e. The van der Waals surface area contributed by atoms with Gasteiger partial charge in [0.15, 0.2) is 0 Å². The molecule has 0 radical (unpaired) electrons. The minimum Gasteiger partial charge on any atom is -0.342 e. The van der Waals surface area contributed by atoms with Crippen molar-refractivity contribution in [3.05, 3.63) is 35.2 Å². The lowest BCUT2D eigenvalue weighted by molar-refractivity contribution is -0.133. The SMILES string of the molecule is C[C@@H](NC(=O)N1CCN(C)C(=O)C1)c1nc(-c2ccc(Cl)cc2)no1. The summed E-state index contributed by atoms with van der Waals surface area (Å²) in [7, 11) is 1.72. The van der Waals surface area contributed by atoms with E-state index in [4.69, 9.17) is 16.1 Å². The maximum atomic E-state index is 12.3. The molecule has 2 aromatic rings. The van der Waals surface area contributed by atoms with Gasteiger partial charge in [-0.05, 0) is 31.2 Å². The lowest BCUT2D eigenvalue weighted by Crippen LogP contribution is -2.53. The number of carbonyl (C=O) groups is 2. The van der Waals surface area contributed by atoms with Crippen molar-refractivity contribution in [3.63, 3.8) is 0 Å². The van der Waals surface area contributed by atoms with Crippen LogP contribution in [0.5, 0.6) is 0 Å². The predicted octanol–water partition coefficient (Wildman–Crippen LogP) is 1.93. The van der Waals surface area contributed by atoms with Crippen molar-refractivity contribution in [1.82, 2.24) is 25.3 Å². The van der Waals surface area contributed by atoms with Gasteiger partial charge in [-0.15, -0.1) is 0 Å². The van der Waals surface area contributed by atoms with Gasteiger partial charge in [0.25, 0.3) is 0 Å². The Hall–Kier alpha value is -2.61. The zero-order valence-corrected chi connectivity index (χ0v) is 14.7. The summed E-state index contributed by atoms with van der Waals surface area (Å²) in [6.07, 6.45) is 0. The second-order valence-corrected chi connectivity index (χ2v) is 6.31. The van der Waals surface area contributed by atoms with E-state index < -0.39 is 6.04 Å². The highest BCUT2D eigenvalue weighted by Gasteiger charge is 2.26. The smallest absolute Gasteiger partial charge is 0.318 e. The van der Waals surface area contributed by atoms with E-state index in [9.17, 15) is 9.59 Å². The molecule has 3 amide bonds. The number of carbonyl (C=O) groups excluding carboxylic acids is 2. The van der Waals surface area contributed by atoms with Crippen LogP contribution in [0.3, 0.4) is 0 Å². The summed E-state index contributed by atoms with van der Waals surface area (Å²) < 4.78 is 5.23. The molecule has 9 heteroatoms. The monoisotopic (exact) mass is 363 g/mol. The van der Waals surface area contributed by atoms with Gasteiger partial charge in [-0.3, -0.25) is 4.79 Å². The molecule has 1 aliphatic rings. The van der Waals surface area contributed by atoms with Crippen LogP contribution in [0, 0.1) is 0 Å². The Morgan fingerprint density at radius 3 is 2.72 bits per heavy atom. The Balaban J connectivity index is 1.63. The number of halogens is 1. The van der Waals surface area contributed by atoms with Crippen molar-refractivity contribution < 1.29 is 14.1 Å². The number of hydrogen-bond acceptors (Lipinski definition) is 5. The second-order valence-electron chi connectivity index (χ2n) is 5.87. The average molecular weight is 364 g/mol. The lowest BCUT2D eigenvalue weighted by atomic mass is 10.2. The fourth-order valence-electron chi connectivity index (χ4n) is 2.40. The molecule has 1 aromatic carbocycles. The molecule has 2 heterocycles. The molecule has 8 nitrogen and oxygen atoms in total. The summed E-state index contributed by atoms with van der Waals surface area (Å²) in [5.74, 6) is 0.623. The number of rotatable bonds is 3. The number of likely N-dealkylation sites (N-methyl/N-ethyl adjacent to an activating group) is 1. The standard InChI is InChI=1S/C16H18ClN5O3/c1-10(18-16(24)22-8-7-21(2)13(23)9-22)15-19-14(20-25-15)11-3-5-12(17)6-4-11/h3-6,10H,7-9H2,1-2H3,(H,18,24)/t10-/m1/s1. The third kappa shape index (κ3) is 3.90. The zero-order chi connectivity index (χ0) is 18.0. The van der Waals surface area contributed by atoms with Crippen molar-refractivity contribution in [2.24, 2.45) is 0 Å². The van der Waals surface area contributed by atoms with Crippen molar-refractivity contribution >= 4 is 23.5 Å². The number of benzene rings is 1. The first-order chi connectivity index (χ1) is 11.9. The fraction of sp³-hybridized carbons (Fsp3) is 0.375. The first-order valence-electron chi connectivity index (χ1n) is 7.83. The summed E-state index contributed by atoms with van der Waals surface area (Å²) in [6.45, 7) is 2.81. The molecule has 0 spiro atoms. The summed E-state index contributed by atoms with van der Waals surface area (Å²) >= 11 is 5.86. The highest BCUT2D eigenvalue weighted by Crippen LogP contribution is 2.20. The summed E-state index contributed by atoms with van der Waals surface area (Å²) in [6, 6.07) is 6.24. The number of nitrogens with zero attached hydrogens (tertiary/aromatic N) is 4. The maximum absolute atomic E-state index is 12.3.